The number of aliphatic hydroxyl groups is 1. The van der Waals surface area contributed by atoms with E-state index < -0.39 is 6.10 Å². The van der Waals surface area contributed by atoms with Crippen molar-refractivity contribution in [2.45, 2.75) is 39.0 Å². The van der Waals surface area contributed by atoms with Crippen molar-refractivity contribution in [3.05, 3.63) is 29.3 Å². The van der Waals surface area contributed by atoms with Gasteiger partial charge >= 0.3 is 0 Å². The smallest absolute Gasteiger partial charge is 0.119 e. The average molecular weight is 235 g/mol. The number of methoxy groups -OCH3 is 1. The number of rotatable bonds is 3. The van der Waals surface area contributed by atoms with E-state index in [0.717, 1.165) is 30.8 Å². The van der Waals surface area contributed by atoms with Gasteiger partial charge in [0.2, 0.25) is 0 Å². The monoisotopic (exact) mass is 235 g/mol. The number of aliphatic hydroxyl groups excluding tert-OH is 1. The van der Waals surface area contributed by atoms with Crippen LogP contribution in [0.4, 0.5) is 0 Å². The van der Waals surface area contributed by atoms with Gasteiger partial charge in [-0.3, -0.25) is 4.90 Å². The number of β-amino-alcohol motifs (C(OH)–C–C–N with tert-alkyl or cyclic N) is 1. The van der Waals surface area contributed by atoms with Crippen LogP contribution >= 0.6 is 0 Å². The van der Waals surface area contributed by atoms with Crippen molar-refractivity contribution in [3.63, 3.8) is 0 Å². The molecule has 3 nitrogen and oxygen atoms in total. The summed E-state index contributed by atoms with van der Waals surface area (Å²) in [5.74, 6) is 0.819. The van der Waals surface area contributed by atoms with E-state index in [1.807, 2.05) is 12.1 Å². The van der Waals surface area contributed by atoms with Crippen molar-refractivity contribution in [3.8, 4) is 5.75 Å². The number of hydrogen-bond donors (Lipinski definition) is 1. The maximum absolute atomic E-state index is 10.2. The van der Waals surface area contributed by atoms with Crippen LogP contribution in [-0.2, 0) is 6.54 Å². The van der Waals surface area contributed by atoms with Gasteiger partial charge in [-0.1, -0.05) is 13.0 Å². The predicted octanol–water partition coefficient (Wildman–Crippen LogP) is 2.34. The highest BCUT2D eigenvalue weighted by molar-refractivity contribution is 5.38. The molecule has 94 valence electrons. The van der Waals surface area contributed by atoms with Crippen LogP contribution < -0.4 is 4.74 Å². The molecule has 0 fully saturated rings. The van der Waals surface area contributed by atoms with Gasteiger partial charge in [-0.2, -0.15) is 0 Å². The molecule has 17 heavy (non-hydrogen) atoms. The Labute approximate surface area is 103 Å². The molecule has 0 aromatic heterocycles. The molecule has 1 heterocycles. The first-order valence-electron chi connectivity index (χ1n) is 6.24. The summed E-state index contributed by atoms with van der Waals surface area (Å²) in [6.07, 6.45) is 0.709. The van der Waals surface area contributed by atoms with Crippen molar-refractivity contribution in [2.75, 3.05) is 13.7 Å². The molecule has 0 saturated carbocycles. The first-order chi connectivity index (χ1) is 8.15. The van der Waals surface area contributed by atoms with Crippen LogP contribution in [-0.4, -0.2) is 29.7 Å². The van der Waals surface area contributed by atoms with Gasteiger partial charge in [-0.05, 0) is 36.6 Å². The standard InChI is InChI=1S/C14H21NO2/c1-4-10(2)15-8-11-5-6-12(17-3)7-13(11)14(16)9-15/h5-7,10,14,16H,4,8-9H2,1-3H3. The van der Waals surface area contributed by atoms with Crippen LogP contribution in [0, 0.1) is 0 Å². The molecule has 3 heteroatoms. The molecule has 0 radical (unpaired) electrons. The van der Waals surface area contributed by atoms with Crippen LogP contribution in [0.2, 0.25) is 0 Å². The third kappa shape index (κ3) is 2.45. The number of benzene rings is 1. The third-order valence-corrected chi connectivity index (χ3v) is 3.71. The Morgan fingerprint density at radius 2 is 2.29 bits per heavy atom. The topological polar surface area (TPSA) is 32.7 Å². The fourth-order valence-corrected chi connectivity index (χ4v) is 2.35. The Hall–Kier alpha value is -1.06. The number of hydrogen-bond acceptors (Lipinski definition) is 3. The van der Waals surface area contributed by atoms with Gasteiger partial charge in [0.15, 0.2) is 0 Å². The summed E-state index contributed by atoms with van der Waals surface area (Å²) in [5, 5.41) is 10.2. The van der Waals surface area contributed by atoms with Crippen LogP contribution in [0.15, 0.2) is 18.2 Å². The molecular weight excluding hydrogens is 214 g/mol. The molecule has 0 bridgehead atoms. The molecule has 1 aromatic rings. The van der Waals surface area contributed by atoms with E-state index in [1.54, 1.807) is 7.11 Å². The average Bonchev–Trinajstić information content (AvgIpc) is 2.37. The van der Waals surface area contributed by atoms with Gasteiger partial charge in [0, 0.05) is 19.1 Å². The molecule has 1 aliphatic rings. The maximum Gasteiger partial charge on any atom is 0.119 e. The van der Waals surface area contributed by atoms with E-state index >= 15 is 0 Å². The highest BCUT2D eigenvalue weighted by Crippen LogP contribution is 2.30. The first kappa shape index (κ1) is 12.4. The molecule has 1 aliphatic heterocycles. The van der Waals surface area contributed by atoms with E-state index in [4.69, 9.17) is 4.74 Å². The Morgan fingerprint density at radius 3 is 2.94 bits per heavy atom. The summed E-state index contributed by atoms with van der Waals surface area (Å²) < 4.78 is 5.20. The zero-order valence-electron chi connectivity index (χ0n) is 10.8. The second-order valence-corrected chi connectivity index (χ2v) is 4.77. The van der Waals surface area contributed by atoms with E-state index in [0.29, 0.717) is 6.04 Å². The SMILES string of the molecule is CCC(C)N1Cc2ccc(OC)cc2C(O)C1. The Morgan fingerprint density at radius 1 is 1.53 bits per heavy atom. The van der Waals surface area contributed by atoms with Gasteiger partial charge in [0.1, 0.15) is 5.75 Å². The van der Waals surface area contributed by atoms with Crippen molar-refractivity contribution in [1.82, 2.24) is 4.90 Å². The zero-order chi connectivity index (χ0) is 12.4. The lowest BCUT2D eigenvalue weighted by atomic mass is 9.95. The summed E-state index contributed by atoms with van der Waals surface area (Å²) in [4.78, 5) is 2.33. The van der Waals surface area contributed by atoms with Gasteiger partial charge in [-0.15, -0.1) is 0 Å². The van der Waals surface area contributed by atoms with Crippen molar-refractivity contribution >= 4 is 0 Å². The lowest BCUT2D eigenvalue weighted by molar-refractivity contribution is 0.0684. The molecule has 1 N–H and O–H groups in total. The number of fused-ring (bicyclic) bond motifs is 1. The third-order valence-electron chi connectivity index (χ3n) is 3.71. The minimum atomic E-state index is -0.400. The highest BCUT2D eigenvalue weighted by atomic mass is 16.5. The van der Waals surface area contributed by atoms with Gasteiger partial charge in [-0.25, -0.2) is 0 Å². The quantitative estimate of drug-likeness (QED) is 0.873. The van der Waals surface area contributed by atoms with Crippen molar-refractivity contribution < 1.29 is 9.84 Å². The van der Waals surface area contributed by atoms with Crippen molar-refractivity contribution in [1.29, 1.82) is 0 Å². The summed E-state index contributed by atoms with van der Waals surface area (Å²) in [7, 11) is 1.66. The summed E-state index contributed by atoms with van der Waals surface area (Å²) in [6, 6.07) is 6.49. The predicted molar refractivity (Wildman–Crippen MR) is 68.1 cm³/mol. The van der Waals surface area contributed by atoms with Gasteiger partial charge in [0.05, 0.1) is 13.2 Å². The molecule has 0 spiro atoms. The number of ether oxygens (including phenoxy) is 1. The van der Waals surface area contributed by atoms with E-state index in [-0.39, 0.29) is 0 Å². The first-order valence-corrected chi connectivity index (χ1v) is 6.24. The lowest BCUT2D eigenvalue weighted by Crippen LogP contribution is -2.39. The minimum Gasteiger partial charge on any atom is -0.497 e. The highest BCUT2D eigenvalue weighted by Gasteiger charge is 2.26. The van der Waals surface area contributed by atoms with Crippen LogP contribution in [0.5, 0.6) is 5.75 Å². The molecular formula is C14H21NO2. The summed E-state index contributed by atoms with van der Waals surface area (Å²) >= 11 is 0. The van der Waals surface area contributed by atoms with Gasteiger partial charge in [0.25, 0.3) is 0 Å². The second-order valence-electron chi connectivity index (χ2n) is 4.77. The van der Waals surface area contributed by atoms with E-state index in [1.165, 1.54) is 5.56 Å². The van der Waals surface area contributed by atoms with E-state index in [9.17, 15) is 5.11 Å². The lowest BCUT2D eigenvalue weighted by Gasteiger charge is -2.36. The van der Waals surface area contributed by atoms with Crippen LogP contribution in [0.1, 0.15) is 37.5 Å². The molecule has 0 amide bonds. The fourth-order valence-electron chi connectivity index (χ4n) is 2.35. The molecule has 2 unspecified atom stereocenters. The molecule has 0 aliphatic carbocycles. The Bertz CT molecular complexity index is 392. The largest absolute Gasteiger partial charge is 0.497 e. The van der Waals surface area contributed by atoms with Crippen LogP contribution in [0.3, 0.4) is 0 Å². The zero-order valence-corrected chi connectivity index (χ0v) is 10.8. The summed E-state index contributed by atoms with van der Waals surface area (Å²) in [5.41, 5.74) is 2.23. The normalized spacial score (nSPS) is 22.0. The summed E-state index contributed by atoms with van der Waals surface area (Å²) in [6.45, 7) is 6.03. The van der Waals surface area contributed by atoms with Crippen molar-refractivity contribution in [2.24, 2.45) is 0 Å². The second kappa shape index (κ2) is 5.07. The Kier molecular flexibility index (Phi) is 3.69. The minimum absolute atomic E-state index is 0.400. The van der Waals surface area contributed by atoms with Crippen LogP contribution in [0.25, 0.3) is 0 Å². The molecule has 2 atom stereocenters. The van der Waals surface area contributed by atoms with Gasteiger partial charge < -0.3 is 9.84 Å². The van der Waals surface area contributed by atoms with E-state index in [2.05, 4.69) is 24.8 Å². The molecule has 2 rings (SSSR count). The maximum atomic E-state index is 10.2. The molecule has 0 saturated heterocycles. The fraction of sp³-hybridized carbons (Fsp3) is 0.571. The number of nitrogens with zero attached hydrogens (tertiary/aromatic N) is 1. The molecule has 1 aromatic carbocycles. The Balaban J connectivity index is 2.25.